The molecule has 20 heavy (non-hydrogen) atoms. The smallest absolute Gasteiger partial charge is 0.257 e. The highest BCUT2D eigenvalue weighted by molar-refractivity contribution is 5.94. The zero-order chi connectivity index (χ0) is 15.7. The van der Waals surface area contributed by atoms with E-state index < -0.39 is 46.0 Å². The van der Waals surface area contributed by atoms with Crippen LogP contribution in [0.1, 0.15) is 24.2 Å². The molecule has 0 bridgehead atoms. The highest BCUT2D eigenvalue weighted by atomic mass is 19.2. The van der Waals surface area contributed by atoms with Crippen molar-refractivity contribution >= 4 is 5.91 Å². The Kier molecular flexibility index (Phi) is 4.69. The van der Waals surface area contributed by atoms with E-state index in [1.54, 1.807) is 0 Å². The molecule has 1 aromatic carbocycles. The molecule has 0 aliphatic rings. The highest BCUT2D eigenvalue weighted by Crippen LogP contribution is 2.23. The summed E-state index contributed by atoms with van der Waals surface area (Å²) in [4.78, 5) is 11.5. The Hall–Kier alpha value is -1.70. The number of carbonyl (C=O) groups is 1. The van der Waals surface area contributed by atoms with Gasteiger partial charge in [0, 0.05) is 18.6 Å². The second-order valence-electron chi connectivity index (χ2n) is 4.95. The van der Waals surface area contributed by atoms with E-state index in [1.165, 1.54) is 13.8 Å². The number of hydrogen-bond donors (Lipinski definition) is 2. The first-order chi connectivity index (χ1) is 9.12. The monoisotopic (exact) mass is 297 g/mol. The summed E-state index contributed by atoms with van der Waals surface area (Å²) in [5.41, 5.74) is -2.35. The second kappa shape index (κ2) is 5.74. The van der Waals surface area contributed by atoms with Crippen LogP contribution >= 0.6 is 0 Å². The molecule has 112 valence electrons. The van der Waals surface area contributed by atoms with E-state index in [9.17, 15) is 26.7 Å². The van der Waals surface area contributed by atoms with Crippen molar-refractivity contribution in [3.05, 3.63) is 34.6 Å². The van der Waals surface area contributed by atoms with Gasteiger partial charge in [-0.15, -0.1) is 0 Å². The molecule has 1 aromatic rings. The van der Waals surface area contributed by atoms with E-state index in [2.05, 4.69) is 0 Å². The third-order valence-electron chi connectivity index (χ3n) is 2.59. The molecular weight excluding hydrogens is 285 g/mol. The summed E-state index contributed by atoms with van der Waals surface area (Å²) in [5.74, 6) is -12.5. The minimum absolute atomic E-state index is 0.207. The van der Waals surface area contributed by atoms with Gasteiger partial charge < -0.3 is 10.4 Å². The van der Waals surface area contributed by atoms with Gasteiger partial charge in [0.15, 0.2) is 23.3 Å². The van der Waals surface area contributed by atoms with Crippen molar-refractivity contribution in [2.45, 2.75) is 13.8 Å². The Morgan fingerprint density at radius 1 is 1.00 bits per heavy atom. The predicted molar refractivity (Wildman–Crippen MR) is 59.4 cm³/mol. The Morgan fingerprint density at radius 2 is 1.40 bits per heavy atom. The quantitative estimate of drug-likeness (QED) is 0.508. The third kappa shape index (κ3) is 3.06. The van der Waals surface area contributed by atoms with Crippen molar-refractivity contribution in [3.8, 4) is 0 Å². The number of nitrogens with one attached hydrogen (secondary N) is 1. The summed E-state index contributed by atoms with van der Waals surface area (Å²) in [6.45, 7) is 2.52. The molecule has 3 nitrogen and oxygen atoms in total. The van der Waals surface area contributed by atoms with Crippen LogP contribution in [0.3, 0.4) is 0 Å². The zero-order valence-corrected chi connectivity index (χ0v) is 10.7. The van der Waals surface area contributed by atoms with E-state index >= 15 is 0 Å². The first kappa shape index (κ1) is 16.4. The maximum Gasteiger partial charge on any atom is 0.257 e. The van der Waals surface area contributed by atoms with Gasteiger partial charge >= 0.3 is 0 Å². The lowest BCUT2D eigenvalue weighted by Crippen LogP contribution is -2.37. The van der Waals surface area contributed by atoms with Gasteiger partial charge in [-0.25, -0.2) is 22.0 Å². The van der Waals surface area contributed by atoms with Crippen molar-refractivity contribution in [3.63, 3.8) is 0 Å². The lowest BCUT2D eigenvalue weighted by Gasteiger charge is -2.22. The fourth-order valence-electron chi connectivity index (χ4n) is 1.27. The van der Waals surface area contributed by atoms with Gasteiger partial charge in [-0.1, -0.05) is 13.8 Å². The normalized spacial score (nSPS) is 11.6. The molecule has 0 unspecified atom stereocenters. The summed E-state index contributed by atoms with van der Waals surface area (Å²) in [6, 6.07) is 0. The molecule has 0 saturated heterocycles. The van der Waals surface area contributed by atoms with Crippen LogP contribution in [0, 0.1) is 34.5 Å². The van der Waals surface area contributed by atoms with Crippen LogP contribution in [-0.2, 0) is 0 Å². The van der Waals surface area contributed by atoms with Crippen molar-refractivity contribution in [2.24, 2.45) is 5.41 Å². The molecule has 0 saturated carbocycles. The molecule has 0 fully saturated rings. The molecule has 0 aliphatic carbocycles. The number of aliphatic hydroxyl groups excluding tert-OH is 1. The Balaban J connectivity index is 3.12. The van der Waals surface area contributed by atoms with Crippen LogP contribution in [-0.4, -0.2) is 24.2 Å². The van der Waals surface area contributed by atoms with Crippen LogP contribution in [0.4, 0.5) is 22.0 Å². The molecule has 0 atom stereocenters. The lowest BCUT2D eigenvalue weighted by molar-refractivity contribution is 0.0899. The lowest BCUT2D eigenvalue weighted by atomic mass is 9.95. The van der Waals surface area contributed by atoms with E-state index in [0.29, 0.717) is 0 Å². The van der Waals surface area contributed by atoms with Gasteiger partial charge in [0.05, 0.1) is 0 Å². The van der Waals surface area contributed by atoms with Crippen molar-refractivity contribution in [1.29, 1.82) is 0 Å². The molecule has 0 spiro atoms. The largest absolute Gasteiger partial charge is 0.396 e. The maximum absolute atomic E-state index is 13.3. The van der Waals surface area contributed by atoms with Crippen molar-refractivity contribution in [2.75, 3.05) is 13.2 Å². The SMILES string of the molecule is CC(C)(CO)CNC(=O)c1c(F)c(F)c(F)c(F)c1F. The fourth-order valence-corrected chi connectivity index (χ4v) is 1.27. The molecular formula is C12H12F5NO2. The molecule has 2 N–H and O–H groups in total. The number of benzene rings is 1. The zero-order valence-electron chi connectivity index (χ0n) is 10.7. The Labute approximate surface area is 111 Å². The fraction of sp³-hybridized carbons (Fsp3) is 0.417. The van der Waals surface area contributed by atoms with Gasteiger partial charge in [0.25, 0.3) is 5.91 Å². The minimum Gasteiger partial charge on any atom is -0.396 e. The summed E-state index contributed by atoms with van der Waals surface area (Å²) in [6.07, 6.45) is 0. The third-order valence-corrected chi connectivity index (χ3v) is 2.59. The topological polar surface area (TPSA) is 49.3 Å². The van der Waals surface area contributed by atoms with Crippen LogP contribution < -0.4 is 5.32 Å². The van der Waals surface area contributed by atoms with E-state index in [0.717, 1.165) is 0 Å². The summed E-state index contributed by atoms with van der Waals surface area (Å²) in [5, 5.41) is 11.0. The maximum atomic E-state index is 13.3. The molecule has 0 heterocycles. The number of hydrogen-bond acceptors (Lipinski definition) is 2. The van der Waals surface area contributed by atoms with Gasteiger partial charge in [-0.05, 0) is 0 Å². The van der Waals surface area contributed by atoms with Gasteiger partial charge in [0.1, 0.15) is 5.56 Å². The second-order valence-corrected chi connectivity index (χ2v) is 4.95. The summed E-state index contributed by atoms with van der Waals surface area (Å²) in [7, 11) is 0. The highest BCUT2D eigenvalue weighted by Gasteiger charge is 2.30. The van der Waals surface area contributed by atoms with Crippen LogP contribution in [0.15, 0.2) is 0 Å². The molecule has 0 radical (unpaired) electrons. The first-order valence-corrected chi connectivity index (χ1v) is 5.53. The first-order valence-electron chi connectivity index (χ1n) is 5.53. The van der Waals surface area contributed by atoms with Gasteiger partial charge in [-0.2, -0.15) is 0 Å². The van der Waals surface area contributed by atoms with Crippen LogP contribution in [0.25, 0.3) is 0 Å². The minimum atomic E-state index is -2.33. The number of aliphatic hydroxyl groups is 1. The standard InChI is InChI=1S/C12H12F5NO2/c1-12(2,4-19)3-18-11(20)5-6(13)8(15)10(17)9(16)7(5)14/h19H,3-4H2,1-2H3,(H,18,20). The predicted octanol–water partition coefficient (Wildman–Crippen LogP) is 2.13. The van der Waals surface area contributed by atoms with Crippen LogP contribution in [0.5, 0.6) is 0 Å². The Morgan fingerprint density at radius 3 is 1.80 bits per heavy atom. The number of carbonyl (C=O) groups excluding carboxylic acids is 1. The molecule has 0 aromatic heterocycles. The Bertz CT molecular complexity index is 516. The van der Waals surface area contributed by atoms with E-state index in [-0.39, 0.29) is 13.2 Å². The van der Waals surface area contributed by atoms with Gasteiger partial charge in [0.2, 0.25) is 5.82 Å². The number of rotatable bonds is 4. The van der Waals surface area contributed by atoms with E-state index in [1.807, 2.05) is 5.32 Å². The van der Waals surface area contributed by atoms with Crippen molar-refractivity contribution in [1.82, 2.24) is 5.32 Å². The van der Waals surface area contributed by atoms with Crippen molar-refractivity contribution < 1.29 is 31.9 Å². The summed E-state index contributed by atoms with van der Waals surface area (Å²) < 4.78 is 65.3. The van der Waals surface area contributed by atoms with Crippen LogP contribution in [0.2, 0.25) is 0 Å². The number of halogens is 5. The average Bonchev–Trinajstić information content (AvgIpc) is 2.41. The molecule has 1 rings (SSSR count). The molecule has 0 aliphatic heterocycles. The number of amides is 1. The molecule has 1 amide bonds. The average molecular weight is 297 g/mol. The summed E-state index contributed by atoms with van der Waals surface area (Å²) >= 11 is 0. The van der Waals surface area contributed by atoms with E-state index in [4.69, 9.17) is 5.11 Å². The molecule has 8 heteroatoms. The van der Waals surface area contributed by atoms with Gasteiger partial charge in [-0.3, -0.25) is 4.79 Å².